The third kappa shape index (κ3) is 8.77. The second kappa shape index (κ2) is 13.9. The molecule has 0 aromatic heterocycles. The zero-order valence-electron chi connectivity index (χ0n) is 18.2. The molecule has 0 unspecified atom stereocenters. The predicted molar refractivity (Wildman–Crippen MR) is 136 cm³/mol. The molecule has 1 amide bonds. The van der Waals surface area contributed by atoms with Crippen LogP contribution >= 0.6 is 24.0 Å². The smallest absolute Gasteiger partial charge is 0.222 e. The lowest BCUT2D eigenvalue weighted by atomic mass is 10.1. The van der Waals surface area contributed by atoms with Gasteiger partial charge in [-0.15, -0.1) is 24.0 Å². The van der Waals surface area contributed by atoms with Crippen molar-refractivity contribution in [1.29, 1.82) is 0 Å². The minimum Gasteiger partial charge on any atom is -0.489 e. The van der Waals surface area contributed by atoms with Crippen molar-refractivity contribution in [1.82, 2.24) is 15.5 Å². The van der Waals surface area contributed by atoms with Crippen molar-refractivity contribution in [3.8, 4) is 5.75 Å². The Kier molecular flexibility index (Phi) is 11.2. The number of hydrogen-bond donors (Lipinski definition) is 2. The van der Waals surface area contributed by atoms with E-state index in [0.29, 0.717) is 19.6 Å². The zero-order valence-corrected chi connectivity index (χ0v) is 20.5. The third-order valence-corrected chi connectivity index (χ3v) is 5.00. The summed E-state index contributed by atoms with van der Waals surface area (Å²) in [5.41, 5.74) is 2.28. The Bertz CT molecular complexity index is 812. The molecular formula is C24H33IN4O2. The number of halogens is 1. The quantitative estimate of drug-likeness (QED) is 0.209. The Morgan fingerprint density at radius 2 is 1.81 bits per heavy atom. The summed E-state index contributed by atoms with van der Waals surface area (Å²) >= 11 is 0. The number of benzene rings is 2. The van der Waals surface area contributed by atoms with Gasteiger partial charge in [-0.1, -0.05) is 42.5 Å². The van der Waals surface area contributed by atoms with E-state index in [0.717, 1.165) is 61.9 Å². The molecule has 2 aromatic carbocycles. The van der Waals surface area contributed by atoms with Crippen LogP contribution in [0.4, 0.5) is 0 Å². The van der Waals surface area contributed by atoms with Gasteiger partial charge < -0.3 is 20.3 Å². The highest BCUT2D eigenvalue weighted by Gasteiger charge is 2.18. The normalized spacial score (nSPS) is 13.6. The summed E-state index contributed by atoms with van der Waals surface area (Å²) < 4.78 is 5.79. The van der Waals surface area contributed by atoms with E-state index in [9.17, 15) is 4.79 Å². The number of amides is 1. The summed E-state index contributed by atoms with van der Waals surface area (Å²) in [6.07, 6.45) is 2.62. The maximum absolute atomic E-state index is 11.7. The van der Waals surface area contributed by atoms with Crippen molar-refractivity contribution in [3.05, 3.63) is 65.7 Å². The molecule has 0 atom stereocenters. The zero-order chi connectivity index (χ0) is 21.0. The van der Waals surface area contributed by atoms with E-state index in [1.807, 2.05) is 35.2 Å². The number of nitrogens with zero attached hydrogens (tertiary/aromatic N) is 2. The molecule has 2 N–H and O–H groups in total. The first-order valence-electron chi connectivity index (χ1n) is 10.8. The van der Waals surface area contributed by atoms with Gasteiger partial charge in [0.25, 0.3) is 0 Å². The van der Waals surface area contributed by atoms with E-state index >= 15 is 0 Å². The monoisotopic (exact) mass is 536 g/mol. The Labute approximate surface area is 202 Å². The predicted octanol–water partition coefficient (Wildman–Crippen LogP) is 3.95. The molecule has 168 valence electrons. The second-order valence-electron chi connectivity index (χ2n) is 7.38. The Hall–Kier alpha value is -2.29. The van der Waals surface area contributed by atoms with Gasteiger partial charge in [-0.25, -0.2) is 4.99 Å². The topological polar surface area (TPSA) is 66.0 Å². The van der Waals surface area contributed by atoms with Crippen molar-refractivity contribution >= 4 is 35.8 Å². The Morgan fingerprint density at radius 1 is 1.06 bits per heavy atom. The maximum Gasteiger partial charge on any atom is 0.222 e. The van der Waals surface area contributed by atoms with Crippen LogP contribution in [0.25, 0.3) is 0 Å². The van der Waals surface area contributed by atoms with Gasteiger partial charge in [-0.3, -0.25) is 4.79 Å². The number of guanidine groups is 1. The lowest BCUT2D eigenvalue weighted by molar-refractivity contribution is -0.127. The minimum absolute atomic E-state index is 0. The molecule has 7 heteroatoms. The lowest BCUT2D eigenvalue weighted by Crippen LogP contribution is -2.39. The number of rotatable bonds is 10. The van der Waals surface area contributed by atoms with Crippen molar-refractivity contribution < 1.29 is 9.53 Å². The molecule has 1 fully saturated rings. The van der Waals surface area contributed by atoms with Crippen LogP contribution in [0.5, 0.6) is 5.75 Å². The average Bonchev–Trinajstić information content (AvgIpc) is 3.19. The largest absolute Gasteiger partial charge is 0.489 e. The van der Waals surface area contributed by atoms with E-state index in [4.69, 9.17) is 4.74 Å². The molecule has 31 heavy (non-hydrogen) atoms. The fourth-order valence-corrected chi connectivity index (χ4v) is 3.35. The molecule has 0 bridgehead atoms. The van der Waals surface area contributed by atoms with Gasteiger partial charge in [-0.05, 0) is 43.0 Å². The highest BCUT2D eigenvalue weighted by molar-refractivity contribution is 14.0. The maximum atomic E-state index is 11.7. The van der Waals surface area contributed by atoms with Crippen LogP contribution in [0, 0.1) is 0 Å². The number of likely N-dealkylation sites (tertiary alicyclic amines) is 1. The van der Waals surface area contributed by atoms with Crippen LogP contribution in [0.1, 0.15) is 37.3 Å². The fraction of sp³-hybridized carbons (Fsp3) is 0.417. The fourth-order valence-electron chi connectivity index (χ4n) is 3.35. The molecule has 6 nitrogen and oxygen atoms in total. The highest BCUT2D eigenvalue weighted by atomic mass is 127. The van der Waals surface area contributed by atoms with Crippen LogP contribution < -0.4 is 15.4 Å². The number of ether oxygens (including phenoxy) is 1. The first-order chi connectivity index (χ1) is 14.7. The minimum atomic E-state index is 0. The summed E-state index contributed by atoms with van der Waals surface area (Å²) in [4.78, 5) is 18.3. The molecule has 1 aliphatic rings. The molecule has 1 aliphatic heterocycles. The number of aliphatic imine (C=N–C) groups is 1. The summed E-state index contributed by atoms with van der Waals surface area (Å²) in [5.74, 6) is 1.97. The van der Waals surface area contributed by atoms with Gasteiger partial charge in [0.15, 0.2) is 5.96 Å². The van der Waals surface area contributed by atoms with E-state index in [-0.39, 0.29) is 29.9 Å². The van der Waals surface area contributed by atoms with Crippen molar-refractivity contribution in [2.75, 3.05) is 26.2 Å². The van der Waals surface area contributed by atoms with Gasteiger partial charge in [0, 0.05) is 32.6 Å². The Balaban J connectivity index is 0.00000341. The SMILES string of the molecule is CCNC(=NCc1ccc(COc2ccccc2)cc1)NCCCN1CCCC1=O.I. The van der Waals surface area contributed by atoms with Crippen LogP contribution in [-0.4, -0.2) is 42.9 Å². The highest BCUT2D eigenvalue weighted by Crippen LogP contribution is 2.13. The van der Waals surface area contributed by atoms with E-state index < -0.39 is 0 Å². The number of carbonyl (C=O) groups is 1. The summed E-state index contributed by atoms with van der Waals surface area (Å²) in [6, 6.07) is 18.2. The molecule has 0 spiro atoms. The molecule has 0 saturated carbocycles. The molecule has 0 radical (unpaired) electrons. The van der Waals surface area contributed by atoms with E-state index in [1.54, 1.807) is 0 Å². The first-order valence-corrected chi connectivity index (χ1v) is 10.8. The van der Waals surface area contributed by atoms with Crippen LogP contribution in [0.3, 0.4) is 0 Å². The number of carbonyl (C=O) groups excluding carboxylic acids is 1. The van der Waals surface area contributed by atoms with Gasteiger partial charge in [0.05, 0.1) is 6.54 Å². The van der Waals surface area contributed by atoms with Gasteiger partial charge >= 0.3 is 0 Å². The molecule has 0 aliphatic carbocycles. The standard InChI is InChI=1S/C24H32N4O2.HI/c1-2-25-24(26-15-7-17-28-16-6-10-23(28)29)27-18-20-11-13-21(14-12-20)19-30-22-8-4-3-5-9-22;/h3-5,8-9,11-14H,2,6-7,10,15-19H2,1H3,(H2,25,26,27);1H. The van der Waals surface area contributed by atoms with Crippen molar-refractivity contribution in [3.63, 3.8) is 0 Å². The second-order valence-corrected chi connectivity index (χ2v) is 7.38. The number of nitrogens with one attached hydrogen (secondary N) is 2. The van der Waals surface area contributed by atoms with Crippen molar-refractivity contribution in [2.24, 2.45) is 4.99 Å². The Morgan fingerprint density at radius 3 is 2.48 bits per heavy atom. The van der Waals surface area contributed by atoms with Crippen LogP contribution in [0.15, 0.2) is 59.6 Å². The number of hydrogen-bond acceptors (Lipinski definition) is 3. The van der Waals surface area contributed by atoms with Gasteiger partial charge in [-0.2, -0.15) is 0 Å². The van der Waals surface area contributed by atoms with Gasteiger partial charge in [0.2, 0.25) is 5.91 Å². The van der Waals surface area contributed by atoms with Gasteiger partial charge in [0.1, 0.15) is 12.4 Å². The molecule has 2 aromatic rings. The first kappa shape index (κ1) is 25.0. The summed E-state index contributed by atoms with van der Waals surface area (Å²) in [5, 5.41) is 6.64. The van der Waals surface area contributed by atoms with Crippen LogP contribution in [0.2, 0.25) is 0 Å². The summed E-state index contributed by atoms with van der Waals surface area (Å²) in [6.45, 7) is 6.55. The van der Waals surface area contributed by atoms with Crippen LogP contribution in [-0.2, 0) is 17.9 Å². The molecule has 1 heterocycles. The molecular weight excluding hydrogens is 503 g/mol. The van der Waals surface area contributed by atoms with Crippen molar-refractivity contribution in [2.45, 2.75) is 39.3 Å². The molecule has 3 rings (SSSR count). The summed E-state index contributed by atoms with van der Waals surface area (Å²) in [7, 11) is 0. The lowest BCUT2D eigenvalue weighted by Gasteiger charge is -2.16. The third-order valence-electron chi connectivity index (χ3n) is 5.00. The average molecular weight is 536 g/mol. The van der Waals surface area contributed by atoms with E-state index in [2.05, 4.69) is 46.8 Å². The number of para-hydroxylation sites is 1. The van der Waals surface area contributed by atoms with E-state index in [1.165, 1.54) is 0 Å². The molecule has 1 saturated heterocycles.